The van der Waals surface area contributed by atoms with Crippen LogP contribution in [0.1, 0.15) is 32.2 Å². The van der Waals surface area contributed by atoms with Crippen LogP contribution in [0.25, 0.3) is 0 Å². The van der Waals surface area contributed by atoms with Gasteiger partial charge in [-0.15, -0.1) is 0 Å². The molecule has 0 fully saturated rings. The lowest BCUT2D eigenvalue weighted by Gasteiger charge is -2.34. The summed E-state index contributed by atoms with van der Waals surface area (Å²) in [6.07, 6.45) is 0. The highest BCUT2D eigenvalue weighted by molar-refractivity contribution is 6.18. The largest absolute Gasteiger partial charge is 0.508 e. The lowest BCUT2D eigenvalue weighted by Crippen LogP contribution is -2.46. The summed E-state index contributed by atoms with van der Waals surface area (Å²) in [6, 6.07) is 13.0. The van der Waals surface area contributed by atoms with E-state index in [4.69, 9.17) is 9.47 Å². The van der Waals surface area contributed by atoms with Crippen LogP contribution in [0, 0.1) is 11.8 Å². The summed E-state index contributed by atoms with van der Waals surface area (Å²) in [5, 5.41) is 29.9. The van der Waals surface area contributed by atoms with E-state index in [-0.39, 0.29) is 45.4 Å². The molecule has 3 N–H and O–H groups in total. The van der Waals surface area contributed by atoms with E-state index in [2.05, 4.69) is 0 Å². The van der Waals surface area contributed by atoms with Crippen LogP contribution in [0.2, 0.25) is 0 Å². The van der Waals surface area contributed by atoms with Gasteiger partial charge in [0.25, 0.3) is 0 Å². The van der Waals surface area contributed by atoms with Crippen LogP contribution < -0.4 is 9.47 Å². The van der Waals surface area contributed by atoms with Crippen molar-refractivity contribution in [3.05, 3.63) is 77.4 Å². The van der Waals surface area contributed by atoms with Gasteiger partial charge in [-0.1, -0.05) is 18.2 Å². The molecule has 9 heteroatoms. The Morgan fingerprint density at radius 2 is 1.12 bits per heavy atom. The average Bonchev–Trinajstić information content (AvgIpc) is 2.78. The molecular formula is C25H16O9. The van der Waals surface area contributed by atoms with Gasteiger partial charge in [-0.2, -0.15) is 0 Å². The molecule has 0 aliphatic carbocycles. The zero-order chi connectivity index (χ0) is 24.1. The lowest BCUT2D eigenvalue weighted by atomic mass is 9.70. The second kappa shape index (κ2) is 7.73. The first-order valence-electron chi connectivity index (χ1n) is 10.2. The van der Waals surface area contributed by atoms with Crippen LogP contribution in [0.15, 0.2) is 60.7 Å². The number of carbonyl (C=O) groups excluding carboxylic acids is 4. The second-order valence-corrected chi connectivity index (χ2v) is 7.97. The van der Waals surface area contributed by atoms with Crippen LogP contribution in [0.4, 0.5) is 0 Å². The Hall–Kier alpha value is -4.66. The van der Waals surface area contributed by atoms with Crippen molar-refractivity contribution < 1.29 is 44.0 Å². The first-order chi connectivity index (χ1) is 16.3. The van der Waals surface area contributed by atoms with Gasteiger partial charge in [0.2, 0.25) is 0 Å². The number of ketones is 2. The quantitative estimate of drug-likeness (QED) is 0.305. The third kappa shape index (κ3) is 3.25. The number of rotatable bonds is 3. The minimum Gasteiger partial charge on any atom is -0.508 e. The van der Waals surface area contributed by atoms with Crippen LogP contribution in [0.5, 0.6) is 28.7 Å². The molecule has 0 saturated carbocycles. The molecule has 2 aliphatic rings. The predicted octanol–water partition coefficient (Wildman–Crippen LogP) is 2.72. The number of aromatic hydroxyl groups is 3. The number of phenolic OH excluding ortho intramolecular Hbond substituents is 3. The molecule has 34 heavy (non-hydrogen) atoms. The molecular weight excluding hydrogens is 444 g/mol. The number of fused-ring (bicyclic) bond motifs is 2. The van der Waals surface area contributed by atoms with E-state index >= 15 is 0 Å². The van der Waals surface area contributed by atoms with Crippen molar-refractivity contribution in [2.75, 3.05) is 0 Å². The van der Waals surface area contributed by atoms with Gasteiger partial charge < -0.3 is 24.8 Å². The molecule has 0 radical (unpaired) electrons. The van der Waals surface area contributed by atoms with Crippen molar-refractivity contribution >= 4 is 23.5 Å². The Morgan fingerprint density at radius 1 is 0.647 bits per heavy atom. The Labute approximate surface area is 191 Å². The van der Waals surface area contributed by atoms with E-state index in [1.807, 2.05) is 0 Å². The van der Waals surface area contributed by atoms with Crippen LogP contribution in [0.3, 0.4) is 0 Å². The number of phenols is 3. The molecule has 2 aliphatic heterocycles. The maximum absolute atomic E-state index is 13.5. The maximum Gasteiger partial charge on any atom is 0.322 e. The third-order valence-electron chi connectivity index (χ3n) is 5.97. The van der Waals surface area contributed by atoms with Crippen molar-refractivity contribution in [2.45, 2.75) is 5.92 Å². The molecule has 0 bridgehead atoms. The van der Waals surface area contributed by atoms with Gasteiger partial charge in [-0.25, -0.2) is 0 Å². The zero-order valence-electron chi connectivity index (χ0n) is 17.3. The summed E-state index contributed by atoms with van der Waals surface area (Å²) >= 11 is 0. The first-order valence-corrected chi connectivity index (χ1v) is 10.2. The lowest BCUT2D eigenvalue weighted by molar-refractivity contribution is -0.142. The summed E-state index contributed by atoms with van der Waals surface area (Å²) in [5.74, 6) is -9.43. The molecule has 0 spiro atoms. The van der Waals surface area contributed by atoms with Crippen LogP contribution in [-0.4, -0.2) is 38.8 Å². The highest BCUT2D eigenvalue weighted by atomic mass is 16.5. The summed E-state index contributed by atoms with van der Waals surface area (Å²) in [5.41, 5.74) is -0.0351. The first kappa shape index (κ1) is 21.2. The summed E-state index contributed by atoms with van der Waals surface area (Å²) in [6.45, 7) is 0. The number of ether oxygens (including phenoxy) is 2. The molecule has 5 rings (SSSR count). The zero-order valence-corrected chi connectivity index (χ0v) is 17.3. The van der Waals surface area contributed by atoms with Crippen LogP contribution in [-0.2, 0) is 9.59 Å². The fraction of sp³-hybridized carbons (Fsp3) is 0.120. The SMILES string of the molecule is O=C1Oc2cc(O)ccc2C(=O)[C@@H]1C(c1ccccc1O)[C@@H]1C(=O)Oc2cc(O)ccc2C1=O. The van der Waals surface area contributed by atoms with Gasteiger partial charge in [-0.3, -0.25) is 19.2 Å². The van der Waals surface area contributed by atoms with Gasteiger partial charge in [0.1, 0.15) is 40.6 Å². The average molecular weight is 460 g/mol. The van der Waals surface area contributed by atoms with Crippen molar-refractivity contribution in [1.82, 2.24) is 0 Å². The summed E-state index contributed by atoms with van der Waals surface area (Å²) in [4.78, 5) is 53.0. The smallest absolute Gasteiger partial charge is 0.322 e. The fourth-order valence-corrected chi connectivity index (χ4v) is 4.43. The van der Waals surface area contributed by atoms with E-state index in [9.17, 15) is 34.5 Å². The van der Waals surface area contributed by atoms with E-state index in [1.165, 1.54) is 48.5 Å². The Balaban J connectivity index is 1.68. The molecule has 0 saturated heterocycles. The molecule has 0 unspecified atom stereocenters. The van der Waals surface area contributed by atoms with Crippen LogP contribution >= 0.6 is 0 Å². The molecule has 9 nitrogen and oxygen atoms in total. The molecule has 170 valence electrons. The number of hydrogen-bond donors (Lipinski definition) is 3. The van der Waals surface area contributed by atoms with Gasteiger partial charge in [0, 0.05) is 18.1 Å². The Bertz CT molecular complexity index is 1310. The van der Waals surface area contributed by atoms with Gasteiger partial charge in [-0.05, 0) is 35.9 Å². The summed E-state index contributed by atoms with van der Waals surface area (Å²) in [7, 11) is 0. The second-order valence-electron chi connectivity index (χ2n) is 7.97. The van der Waals surface area contributed by atoms with E-state index < -0.39 is 41.3 Å². The molecule has 2 atom stereocenters. The number of esters is 2. The van der Waals surface area contributed by atoms with Gasteiger partial charge in [0.05, 0.1) is 11.1 Å². The molecule has 3 aromatic rings. The van der Waals surface area contributed by atoms with Gasteiger partial charge in [0.15, 0.2) is 11.6 Å². The van der Waals surface area contributed by atoms with Gasteiger partial charge >= 0.3 is 11.9 Å². The molecule has 3 aromatic carbocycles. The van der Waals surface area contributed by atoms with E-state index in [1.54, 1.807) is 0 Å². The standard InChI is InChI=1S/C25H16O9/c26-11-5-7-14-17(9-11)33-24(31)20(22(14)29)19(13-3-1-2-4-16(13)28)21-23(30)15-8-6-12(27)10-18(15)34-25(21)32/h1-10,19-21,26-28H/t20-,21-/m0/s1. The Morgan fingerprint density at radius 3 is 1.59 bits per heavy atom. The summed E-state index contributed by atoms with van der Waals surface area (Å²) < 4.78 is 10.6. The molecule has 2 heterocycles. The number of carbonyl (C=O) groups is 4. The van der Waals surface area contributed by atoms with E-state index in [0.29, 0.717) is 0 Å². The number of benzene rings is 3. The van der Waals surface area contributed by atoms with Crippen molar-refractivity contribution in [2.24, 2.45) is 11.8 Å². The van der Waals surface area contributed by atoms with Crippen molar-refractivity contribution in [3.8, 4) is 28.7 Å². The minimum absolute atomic E-state index is 0.0116. The molecule has 0 aromatic heterocycles. The monoisotopic (exact) mass is 460 g/mol. The third-order valence-corrected chi connectivity index (χ3v) is 5.97. The minimum atomic E-state index is -1.66. The molecule has 0 amide bonds. The topological polar surface area (TPSA) is 147 Å². The van der Waals surface area contributed by atoms with E-state index in [0.717, 1.165) is 12.1 Å². The maximum atomic E-state index is 13.5. The normalized spacial score (nSPS) is 19.3. The van der Waals surface area contributed by atoms with Crippen molar-refractivity contribution in [3.63, 3.8) is 0 Å². The Kier molecular flexibility index (Phi) is 4.82. The fourth-order valence-electron chi connectivity index (χ4n) is 4.43. The number of Topliss-reactive ketones (excluding diaryl/α,β-unsaturated/α-hetero) is 2. The number of hydrogen-bond acceptors (Lipinski definition) is 9. The highest BCUT2D eigenvalue weighted by Crippen LogP contribution is 2.46. The predicted molar refractivity (Wildman–Crippen MR) is 114 cm³/mol. The number of para-hydroxylation sites is 1. The van der Waals surface area contributed by atoms with Crippen molar-refractivity contribution in [1.29, 1.82) is 0 Å². The highest BCUT2D eigenvalue weighted by Gasteiger charge is 2.53.